The molecule has 0 amide bonds. The van der Waals surface area contributed by atoms with E-state index in [1.165, 1.54) is 0 Å². The molecule has 1 aliphatic heterocycles. The van der Waals surface area contributed by atoms with Gasteiger partial charge in [0.15, 0.2) is 0 Å². The van der Waals surface area contributed by atoms with Crippen LogP contribution in [-0.2, 0) is 11.3 Å². The van der Waals surface area contributed by atoms with E-state index >= 15 is 0 Å². The van der Waals surface area contributed by atoms with Crippen LogP contribution in [0.4, 0.5) is 5.82 Å². The smallest absolute Gasteiger partial charge is 0.129 e. The Morgan fingerprint density at radius 2 is 2.13 bits per heavy atom. The third-order valence-corrected chi connectivity index (χ3v) is 3.99. The minimum atomic E-state index is 0.370. The van der Waals surface area contributed by atoms with Crippen molar-refractivity contribution in [1.29, 1.82) is 0 Å². The molecule has 0 unspecified atom stereocenters. The molecule has 1 aliphatic rings. The Balaban J connectivity index is 1.69. The molecule has 0 bridgehead atoms. The predicted molar refractivity (Wildman–Crippen MR) is 87.1 cm³/mol. The third-order valence-electron chi connectivity index (χ3n) is 3.99. The fourth-order valence-corrected chi connectivity index (χ4v) is 2.64. The van der Waals surface area contributed by atoms with Gasteiger partial charge in [-0.05, 0) is 18.6 Å². The average molecular weight is 315 g/mol. The van der Waals surface area contributed by atoms with E-state index in [9.17, 15) is 0 Å². The second kappa shape index (κ2) is 7.28. The van der Waals surface area contributed by atoms with Crippen molar-refractivity contribution in [3.63, 3.8) is 0 Å². The SMILES string of the molecule is COc1ccc(CNc2cc([C@H]3CCOC3)ncn2)c(OC)c1. The molecular weight excluding hydrogens is 294 g/mol. The van der Waals surface area contributed by atoms with Crippen molar-refractivity contribution in [3.05, 3.63) is 41.9 Å². The molecule has 1 fully saturated rings. The van der Waals surface area contributed by atoms with E-state index in [4.69, 9.17) is 14.2 Å². The summed E-state index contributed by atoms with van der Waals surface area (Å²) in [6.45, 7) is 2.16. The second-order valence-electron chi connectivity index (χ2n) is 5.42. The molecule has 1 N–H and O–H groups in total. The summed E-state index contributed by atoms with van der Waals surface area (Å²) in [6.07, 6.45) is 2.62. The van der Waals surface area contributed by atoms with E-state index in [2.05, 4.69) is 15.3 Å². The number of ether oxygens (including phenoxy) is 3. The quantitative estimate of drug-likeness (QED) is 0.884. The fourth-order valence-electron chi connectivity index (χ4n) is 2.64. The van der Waals surface area contributed by atoms with E-state index in [0.29, 0.717) is 12.5 Å². The second-order valence-corrected chi connectivity index (χ2v) is 5.42. The minimum absolute atomic E-state index is 0.370. The van der Waals surface area contributed by atoms with Crippen molar-refractivity contribution in [3.8, 4) is 11.5 Å². The molecule has 1 aromatic heterocycles. The lowest BCUT2D eigenvalue weighted by molar-refractivity contribution is 0.193. The zero-order chi connectivity index (χ0) is 16.1. The van der Waals surface area contributed by atoms with Gasteiger partial charge in [0.25, 0.3) is 0 Å². The minimum Gasteiger partial charge on any atom is -0.497 e. The predicted octanol–water partition coefficient (Wildman–Crippen LogP) is 2.61. The number of aromatic nitrogens is 2. The Labute approximate surface area is 135 Å². The van der Waals surface area contributed by atoms with E-state index in [1.807, 2.05) is 24.3 Å². The Morgan fingerprint density at radius 3 is 2.87 bits per heavy atom. The topological polar surface area (TPSA) is 65.5 Å². The van der Waals surface area contributed by atoms with Gasteiger partial charge in [-0.1, -0.05) is 0 Å². The zero-order valence-corrected chi connectivity index (χ0v) is 13.4. The first kappa shape index (κ1) is 15.6. The van der Waals surface area contributed by atoms with Crippen LogP contribution in [0.25, 0.3) is 0 Å². The average Bonchev–Trinajstić information content (AvgIpc) is 3.14. The normalized spacial score (nSPS) is 17.0. The highest BCUT2D eigenvalue weighted by molar-refractivity contribution is 5.44. The number of hydrogen-bond acceptors (Lipinski definition) is 6. The number of methoxy groups -OCH3 is 2. The van der Waals surface area contributed by atoms with Gasteiger partial charge >= 0.3 is 0 Å². The molecule has 0 aliphatic carbocycles. The van der Waals surface area contributed by atoms with Crippen molar-refractivity contribution in [1.82, 2.24) is 9.97 Å². The molecule has 6 nitrogen and oxygen atoms in total. The summed E-state index contributed by atoms with van der Waals surface area (Å²) in [6, 6.07) is 7.77. The largest absolute Gasteiger partial charge is 0.497 e. The van der Waals surface area contributed by atoms with Crippen LogP contribution in [0.15, 0.2) is 30.6 Å². The van der Waals surface area contributed by atoms with Crippen molar-refractivity contribution in [2.45, 2.75) is 18.9 Å². The maximum absolute atomic E-state index is 5.42. The van der Waals surface area contributed by atoms with Gasteiger partial charge in [0, 0.05) is 36.8 Å². The van der Waals surface area contributed by atoms with Gasteiger partial charge in [-0.2, -0.15) is 0 Å². The number of benzene rings is 1. The highest BCUT2D eigenvalue weighted by atomic mass is 16.5. The maximum Gasteiger partial charge on any atom is 0.129 e. The molecule has 1 atom stereocenters. The molecule has 0 saturated carbocycles. The number of nitrogens with one attached hydrogen (secondary N) is 1. The highest BCUT2D eigenvalue weighted by Crippen LogP contribution is 2.26. The maximum atomic E-state index is 5.42. The van der Waals surface area contributed by atoms with Gasteiger partial charge in [-0.15, -0.1) is 0 Å². The molecule has 1 aromatic carbocycles. The summed E-state index contributed by atoms with van der Waals surface area (Å²) in [4.78, 5) is 8.65. The molecule has 122 valence electrons. The van der Waals surface area contributed by atoms with E-state index in [1.54, 1.807) is 20.5 Å². The Hall–Kier alpha value is -2.34. The summed E-state index contributed by atoms with van der Waals surface area (Å²) in [5, 5.41) is 3.32. The van der Waals surface area contributed by atoms with Crippen molar-refractivity contribution in [2.24, 2.45) is 0 Å². The molecule has 3 rings (SSSR count). The van der Waals surface area contributed by atoms with Gasteiger partial charge < -0.3 is 19.5 Å². The number of rotatable bonds is 6. The third kappa shape index (κ3) is 3.71. The zero-order valence-electron chi connectivity index (χ0n) is 13.4. The molecular formula is C17H21N3O3. The first-order chi connectivity index (χ1) is 11.3. The molecule has 2 heterocycles. The lowest BCUT2D eigenvalue weighted by Crippen LogP contribution is -2.06. The Bertz CT molecular complexity index is 657. The van der Waals surface area contributed by atoms with Crippen LogP contribution in [0.2, 0.25) is 0 Å². The molecule has 0 radical (unpaired) electrons. The Morgan fingerprint density at radius 1 is 1.22 bits per heavy atom. The monoisotopic (exact) mass is 315 g/mol. The van der Waals surface area contributed by atoms with Crippen LogP contribution in [0.5, 0.6) is 11.5 Å². The number of anilines is 1. The van der Waals surface area contributed by atoms with Gasteiger partial charge in [0.1, 0.15) is 23.6 Å². The van der Waals surface area contributed by atoms with Crippen LogP contribution >= 0.6 is 0 Å². The van der Waals surface area contributed by atoms with Crippen molar-refractivity contribution in [2.75, 3.05) is 32.8 Å². The molecule has 2 aromatic rings. The van der Waals surface area contributed by atoms with Crippen LogP contribution in [0, 0.1) is 0 Å². The Kier molecular flexibility index (Phi) is 4.92. The molecule has 6 heteroatoms. The first-order valence-electron chi connectivity index (χ1n) is 7.64. The van der Waals surface area contributed by atoms with Gasteiger partial charge in [0.05, 0.1) is 26.5 Å². The summed E-state index contributed by atoms with van der Waals surface area (Å²) < 4.78 is 16.0. The lowest BCUT2D eigenvalue weighted by Gasteiger charge is -2.13. The van der Waals surface area contributed by atoms with Gasteiger partial charge in [-0.3, -0.25) is 0 Å². The van der Waals surface area contributed by atoms with E-state index < -0.39 is 0 Å². The van der Waals surface area contributed by atoms with Crippen molar-refractivity contribution < 1.29 is 14.2 Å². The van der Waals surface area contributed by atoms with Crippen LogP contribution in [-0.4, -0.2) is 37.4 Å². The molecule has 0 spiro atoms. The van der Waals surface area contributed by atoms with Crippen LogP contribution < -0.4 is 14.8 Å². The van der Waals surface area contributed by atoms with E-state index in [0.717, 1.165) is 48.2 Å². The highest BCUT2D eigenvalue weighted by Gasteiger charge is 2.19. The summed E-state index contributed by atoms with van der Waals surface area (Å²) in [5.41, 5.74) is 2.07. The standard InChI is InChI=1S/C17H21N3O3/c1-21-14-4-3-12(16(7-14)22-2)9-18-17-8-15(19-11-20-17)13-5-6-23-10-13/h3-4,7-8,11,13H,5-6,9-10H2,1-2H3,(H,18,19,20)/t13-/m0/s1. The van der Waals surface area contributed by atoms with Crippen LogP contribution in [0.3, 0.4) is 0 Å². The first-order valence-corrected chi connectivity index (χ1v) is 7.64. The molecule has 1 saturated heterocycles. The lowest BCUT2D eigenvalue weighted by atomic mass is 10.1. The van der Waals surface area contributed by atoms with Gasteiger partial charge in [0.2, 0.25) is 0 Å². The summed E-state index contributed by atoms with van der Waals surface area (Å²) in [5.74, 6) is 2.74. The fraction of sp³-hybridized carbons (Fsp3) is 0.412. The summed E-state index contributed by atoms with van der Waals surface area (Å²) in [7, 11) is 3.29. The number of hydrogen-bond donors (Lipinski definition) is 1. The summed E-state index contributed by atoms with van der Waals surface area (Å²) >= 11 is 0. The molecule has 23 heavy (non-hydrogen) atoms. The van der Waals surface area contributed by atoms with E-state index in [-0.39, 0.29) is 0 Å². The van der Waals surface area contributed by atoms with Gasteiger partial charge in [-0.25, -0.2) is 9.97 Å². The number of nitrogens with zero attached hydrogens (tertiary/aromatic N) is 2. The van der Waals surface area contributed by atoms with Crippen LogP contribution in [0.1, 0.15) is 23.6 Å². The van der Waals surface area contributed by atoms with Crippen molar-refractivity contribution >= 4 is 5.82 Å².